The fourth-order valence-corrected chi connectivity index (χ4v) is 2.81. The molecule has 1 amide bonds. The maximum atomic E-state index is 11.9. The number of hydrogen-bond donors (Lipinski definition) is 1. The Balaban J connectivity index is 2.89. The van der Waals surface area contributed by atoms with Gasteiger partial charge in [-0.15, -0.1) is 0 Å². The maximum Gasteiger partial charge on any atom is 0.407 e. The molecule has 0 aliphatic heterocycles. The third kappa shape index (κ3) is 7.15. The number of carbonyl (C=O) groups excluding carboxylic acids is 1. The number of halogens is 1. The van der Waals surface area contributed by atoms with E-state index in [1.807, 2.05) is 53.7 Å². The van der Waals surface area contributed by atoms with Gasteiger partial charge in [0.25, 0.3) is 0 Å². The van der Waals surface area contributed by atoms with E-state index in [9.17, 15) is 4.79 Å². The van der Waals surface area contributed by atoms with Gasteiger partial charge >= 0.3 is 6.09 Å². The molecule has 0 spiro atoms. The van der Waals surface area contributed by atoms with Crippen molar-refractivity contribution in [3.63, 3.8) is 0 Å². The van der Waals surface area contributed by atoms with E-state index in [-0.39, 0.29) is 12.1 Å². The van der Waals surface area contributed by atoms with Crippen LogP contribution in [0.25, 0.3) is 0 Å². The Morgan fingerprint density at radius 1 is 1.21 bits per heavy atom. The van der Waals surface area contributed by atoms with Crippen LogP contribution in [-0.4, -0.2) is 30.9 Å². The van der Waals surface area contributed by atoms with Gasteiger partial charge in [-0.1, -0.05) is 0 Å². The van der Waals surface area contributed by atoms with Crippen LogP contribution in [0.3, 0.4) is 0 Å². The second-order valence-corrected chi connectivity index (χ2v) is 8.17. The molecule has 136 valence electrons. The zero-order chi connectivity index (χ0) is 18.5. The standard InChI is InChI=1S/C18H28INO4/c1-11(2)23-15-10-14(19)16(22-7)9-13(15)8-12(3)20-17(21)24-18(4,5)6/h9-12H,8H2,1-7H3,(H,20,21). The largest absolute Gasteiger partial charge is 0.496 e. The van der Waals surface area contributed by atoms with Crippen LogP contribution in [0.15, 0.2) is 12.1 Å². The van der Waals surface area contributed by atoms with Crippen LogP contribution in [0, 0.1) is 3.57 Å². The number of methoxy groups -OCH3 is 1. The minimum atomic E-state index is -0.512. The van der Waals surface area contributed by atoms with E-state index in [2.05, 4.69) is 27.9 Å². The fraction of sp³-hybridized carbons (Fsp3) is 0.611. The average Bonchev–Trinajstić information content (AvgIpc) is 2.38. The lowest BCUT2D eigenvalue weighted by atomic mass is 10.1. The highest BCUT2D eigenvalue weighted by Gasteiger charge is 2.19. The lowest BCUT2D eigenvalue weighted by molar-refractivity contribution is 0.0508. The Labute approximate surface area is 158 Å². The van der Waals surface area contributed by atoms with Crippen LogP contribution >= 0.6 is 22.6 Å². The Hall–Kier alpha value is -1.18. The summed E-state index contributed by atoms with van der Waals surface area (Å²) in [5.74, 6) is 1.61. The summed E-state index contributed by atoms with van der Waals surface area (Å²) in [5.41, 5.74) is 0.478. The Morgan fingerprint density at radius 3 is 2.33 bits per heavy atom. The number of nitrogens with one attached hydrogen (secondary N) is 1. The fourth-order valence-electron chi connectivity index (χ4n) is 2.15. The average molecular weight is 449 g/mol. The topological polar surface area (TPSA) is 56.8 Å². The van der Waals surface area contributed by atoms with Gasteiger partial charge in [0.15, 0.2) is 0 Å². The van der Waals surface area contributed by atoms with E-state index >= 15 is 0 Å². The van der Waals surface area contributed by atoms with E-state index in [1.165, 1.54) is 0 Å². The van der Waals surface area contributed by atoms with Gasteiger partial charge in [0.2, 0.25) is 0 Å². The van der Waals surface area contributed by atoms with Crippen LogP contribution in [0.4, 0.5) is 4.79 Å². The first-order valence-corrected chi connectivity index (χ1v) is 9.12. The van der Waals surface area contributed by atoms with E-state index in [0.29, 0.717) is 6.42 Å². The molecule has 6 heteroatoms. The molecular weight excluding hydrogens is 421 g/mol. The molecule has 0 saturated carbocycles. The zero-order valence-electron chi connectivity index (χ0n) is 15.5. The monoisotopic (exact) mass is 449 g/mol. The molecule has 1 N–H and O–H groups in total. The molecule has 0 aromatic heterocycles. The van der Waals surface area contributed by atoms with Crippen molar-refractivity contribution in [2.75, 3.05) is 7.11 Å². The number of rotatable bonds is 6. The van der Waals surface area contributed by atoms with Crippen LogP contribution in [0.1, 0.15) is 47.1 Å². The van der Waals surface area contributed by atoms with E-state index in [1.54, 1.807) is 7.11 Å². The Kier molecular flexibility index (Phi) is 7.63. The summed E-state index contributed by atoms with van der Waals surface area (Å²) in [4.78, 5) is 11.9. The Morgan fingerprint density at radius 2 is 1.83 bits per heavy atom. The third-order valence-electron chi connectivity index (χ3n) is 2.99. The molecule has 1 rings (SSSR count). The van der Waals surface area contributed by atoms with E-state index < -0.39 is 11.7 Å². The second-order valence-electron chi connectivity index (χ2n) is 7.01. The van der Waals surface area contributed by atoms with Gasteiger partial charge in [-0.05, 0) is 88.3 Å². The minimum Gasteiger partial charge on any atom is -0.496 e. The van der Waals surface area contributed by atoms with Crippen molar-refractivity contribution in [3.05, 3.63) is 21.3 Å². The van der Waals surface area contributed by atoms with Crippen molar-refractivity contribution in [1.29, 1.82) is 0 Å². The van der Waals surface area contributed by atoms with E-state index in [4.69, 9.17) is 14.2 Å². The lowest BCUT2D eigenvalue weighted by Gasteiger charge is -2.23. The normalized spacial score (nSPS) is 12.7. The number of ether oxygens (including phenoxy) is 3. The SMILES string of the molecule is COc1cc(CC(C)NC(=O)OC(C)(C)C)c(OC(C)C)cc1I. The van der Waals surface area contributed by atoms with Crippen LogP contribution in [0.5, 0.6) is 11.5 Å². The summed E-state index contributed by atoms with van der Waals surface area (Å²) >= 11 is 2.22. The molecule has 0 heterocycles. The predicted octanol–water partition coefficient (Wildman–Crippen LogP) is 4.54. The van der Waals surface area contributed by atoms with Crippen molar-refractivity contribution >= 4 is 28.7 Å². The highest BCUT2D eigenvalue weighted by molar-refractivity contribution is 14.1. The van der Waals surface area contributed by atoms with Crippen molar-refractivity contribution in [2.45, 2.75) is 65.7 Å². The van der Waals surface area contributed by atoms with Gasteiger partial charge in [0.1, 0.15) is 17.1 Å². The molecule has 0 radical (unpaired) electrons. The molecule has 0 fully saturated rings. The van der Waals surface area contributed by atoms with E-state index in [0.717, 1.165) is 20.6 Å². The van der Waals surface area contributed by atoms with Gasteiger partial charge in [-0.2, -0.15) is 0 Å². The first-order chi connectivity index (χ1) is 11.0. The minimum absolute atomic E-state index is 0.0714. The van der Waals surface area contributed by atoms with Gasteiger partial charge in [0.05, 0.1) is 16.8 Å². The van der Waals surface area contributed by atoms with Crippen molar-refractivity contribution in [1.82, 2.24) is 5.32 Å². The zero-order valence-corrected chi connectivity index (χ0v) is 17.7. The van der Waals surface area contributed by atoms with Crippen LogP contribution in [-0.2, 0) is 11.2 Å². The summed E-state index contributed by atoms with van der Waals surface area (Å²) < 4.78 is 17.6. The summed E-state index contributed by atoms with van der Waals surface area (Å²) in [5, 5.41) is 2.86. The van der Waals surface area contributed by atoms with Crippen molar-refractivity contribution in [2.24, 2.45) is 0 Å². The van der Waals surface area contributed by atoms with Crippen LogP contribution in [0.2, 0.25) is 0 Å². The highest BCUT2D eigenvalue weighted by Crippen LogP contribution is 2.31. The summed E-state index contributed by atoms with van der Waals surface area (Å²) in [6.45, 7) is 11.4. The Bertz CT molecular complexity index is 567. The quantitative estimate of drug-likeness (QED) is 0.648. The predicted molar refractivity (Wildman–Crippen MR) is 104 cm³/mol. The molecule has 0 aliphatic carbocycles. The molecule has 1 unspecified atom stereocenters. The molecule has 24 heavy (non-hydrogen) atoms. The highest BCUT2D eigenvalue weighted by atomic mass is 127. The number of benzene rings is 1. The van der Waals surface area contributed by atoms with Gasteiger partial charge < -0.3 is 19.5 Å². The van der Waals surface area contributed by atoms with Crippen molar-refractivity contribution in [3.8, 4) is 11.5 Å². The molecular formula is C18H28INO4. The van der Waals surface area contributed by atoms with Gasteiger partial charge in [-0.3, -0.25) is 0 Å². The molecule has 0 saturated heterocycles. The first-order valence-electron chi connectivity index (χ1n) is 8.04. The second kappa shape index (κ2) is 8.78. The number of amides is 1. The van der Waals surface area contributed by atoms with Gasteiger partial charge in [0, 0.05) is 6.04 Å². The molecule has 5 nitrogen and oxygen atoms in total. The first kappa shape index (κ1) is 20.9. The van der Waals surface area contributed by atoms with Crippen molar-refractivity contribution < 1.29 is 19.0 Å². The van der Waals surface area contributed by atoms with Gasteiger partial charge in [-0.25, -0.2) is 4.79 Å². The molecule has 0 aliphatic rings. The molecule has 0 bridgehead atoms. The summed E-state index contributed by atoms with van der Waals surface area (Å²) in [6.07, 6.45) is 0.273. The summed E-state index contributed by atoms with van der Waals surface area (Å²) in [7, 11) is 1.65. The molecule has 1 aromatic carbocycles. The molecule has 1 aromatic rings. The smallest absolute Gasteiger partial charge is 0.407 e. The maximum absolute atomic E-state index is 11.9. The molecule has 1 atom stereocenters. The number of carbonyl (C=O) groups is 1. The lowest BCUT2D eigenvalue weighted by Crippen LogP contribution is -2.38. The number of hydrogen-bond acceptors (Lipinski definition) is 4. The third-order valence-corrected chi connectivity index (χ3v) is 3.83. The number of alkyl carbamates (subject to hydrolysis) is 1. The summed E-state index contributed by atoms with van der Waals surface area (Å²) in [6, 6.07) is 3.83. The van der Waals surface area contributed by atoms with Crippen LogP contribution < -0.4 is 14.8 Å².